The van der Waals surface area contributed by atoms with E-state index in [1.54, 1.807) is 19.2 Å². The van der Waals surface area contributed by atoms with Gasteiger partial charge < -0.3 is 10.1 Å². The van der Waals surface area contributed by atoms with Crippen molar-refractivity contribution in [1.82, 2.24) is 5.32 Å². The van der Waals surface area contributed by atoms with Crippen LogP contribution >= 0.6 is 0 Å². The first-order chi connectivity index (χ1) is 19.3. The Hall–Kier alpha value is -3.80. The van der Waals surface area contributed by atoms with Gasteiger partial charge in [0.1, 0.15) is 0 Å². The standard InChI is InChI=1S/C31H38N2O4.C3H8.H2/c1-5-30(35)33-22-26-15-17-27(18-16-26)28(32-4)19-20-29(34)23(3)13-14-25-10-7-9-24(21-25)11-8-12-31(36)37-6-2;1-3-2;/h7,9-10,13,15-21H,5-6,8,11-12,14,22H2,1-4H3,(H,33,35);3H2,1-2H3;1H/b20-19-,23-13?,32-28?;;. The number of carbonyl (C=O) groups excluding carboxylic acids is 3. The van der Waals surface area contributed by atoms with E-state index in [0.717, 1.165) is 29.5 Å². The number of ether oxygens (including phenoxy) is 1. The van der Waals surface area contributed by atoms with Crippen molar-refractivity contribution in [3.8, 4) is 0 Å². The van der Waals surface area contributed by atoms with Crippen LogP contribution in [-0.4, -0.2) is 37.0 Å². The third-order valence-electron chi connectivity index (χ3n) is 5.87. The summed E-state index contributed by atoms with van der Waals surface area (Å²) in [5, 5.41) is 2.86. The van der Waals surface area contributed by atoms with Gasteiger partial charge in [-0.05, 0) is 73.1 Å². The fourth-order valence-corrected chi connectivity index (χ4v) is 3.66. The van der Waals surface area contributed by atoms with Crippen molar-refractivity contribution in [3.63, 3.8) is 0 Å². The number of hydrogen-bond acceptors (Lipinski definition) is 5. The zero-order chi connectivity index (χ0) is 29.8. The summed E-state index contributed by atoms with van der Waals surface area (Å²) in [6.07, 6.45) is 9.57. The molecular formula is C34H48N2O4. The van der Waals surface area contributed by atoms with Crippen LogP contribution in [0, 0.1) is 0 Å². The van der Waals surface area contributed by atoms with Crippen LogP contribution < -0.4 is 5.32 Å². The molecule has 0 unspecified atom stereocenters. The van der Waals surface area contributed by atoms with E-state index < -0.39 is 0 Å². The molecular weight excluding hydrogens is 500 g/mol. The fourth-order valence-electron chi connectivity index (χ4n) is 3.66. The van der Waals surface area contributed by atoms with Crippen LogP contribution in [0.3, 0.4) is 0 Å². The van der Waals surface area contributed by atoms with Gasteiger partial charge in [0.05, 0.1) is 12.3 Å². The summed E-state index contributed by atoms with van der Waals surface area (Å²) >= 11 is 0. The Labute approximate surface area is 242 Å². The highest BCUT2D eigenvalue weighted by molar-refractivity contribution is 6.13. The van der Waals surface area contributed by atoms with Crippen molar-refractivity contribution in [1.29, 1.82) is 0 Å². The second-order valence-corrected chi connectivity index (χ2v) is 9.41. The predicted molar refractivity (Wildman–Crippen MR) is 167 cm³/mol. The normalized spacial score (nSPS) is 11.6. The van der Waals surface area contributed by atoms with Gasteiger partial charge in [-0.3, -0.25) is 19.4 Å². The van der Waals surface area contributed by atoms with Gasteiger partial charge in [-0.1, -0.05) is 81.8 Å². The lowest BCUT2D eigenvalue weighted by Crippen LogP contribution is -2.21. The molecule has 0 aromatic heterocycles. The first-order valence-electron chi connectivity index (χ1n) is 14.2. The second kappa shape index (κ2) is 20.2. The molecule has 0 fully saturated rings. The number of ketones is 1. The van der Waals surface area contributed by atoms with Gasteiger partial charge in [0.15, 0.2) is 5.78 Å². The minimum absolute atomic E-state index is 0. The molecule has 1 amide bonds. The molecule has 6 nitrogen and oxygen atoms in total. The number of amides is 1. The molecule has 2 aromatic rings. The van der Waals surface area contributed by atoms with Crippen LogP contribution in [0.2, 0.25) is 0 Å². The summed E-state index contributed by atoms with van der Waals surface area (Å²) in [6, 6.07) is 16.0. The molecule has 0 spiro atoms. The monoisotopic (exact) mass is 548 g/mol. The van der Waals surface area contributed by atoms with E-state index in [2.05, 4.69) is 36.3 Å². The molecule has 40 heavy (non-hydrogen) atoms. The average molecular weight is 549 g/mol. The SMILES string of the molecule is CCC.CCOC(=O)CCCc1cccc(CC=C(C)C(=O)/C=C\C(=NC)c2ccc(CNC(=O)CC)cc2)c1.[HH]. The summed E-state index contributed by atoms with van der Waals surface area (Å²) in [5.74, 6) is -0.205. The van der Waals surface area contributed by atoms with E-state index in [0.29, 0.717) is 43.7 Å². The Kier molecular flexibility index (Phi) is 17.2. The molecule has 0 saturated carbocycles. The van der Waals surface area contributed by atoms with E-state index in [1.807, 2.05) is 63.2 Å². The number of benzene rings is 2. The lowest BCUT2D eigenvalue weighted by atomic mass is 10.0. The number of hydrogen-bond donors (Lipinski definition) is 1. The van der Waals surface area contributed by atoms with Crippen LogP contribution in [0.5, 0.6) is 0 Å². The maximum atomic E-state index is 12.7. The third kappa shape index (κ3) is 13.8. The average Bonchev–Trinajstić information content (AvgIpc) is 2.96. The summed E-state index contributed by atoms with van der Waals surface area (Å²) in [6.45, 7) is 10.6. The highest BCUT2D eigenvalue weighted by atomic mass is 16.5. The molecule has 6 heteroatoms. The molecule has 0 saturated heterocycles. The third-order valence-corrected chi connectivity index (χ3v) is 5.87. The van der Waals surface area contributed by atoms with Crippen molar-refractivity contribution in [2.24, 2.45) is 4.99 Å². The minimum atomic E-state index is -0.158. The quantitative estimate of drug-likeness (QED) is 0.157. The number of rotatable bonds is 14. The zero-order valence-electron chi connectivity index (χ0n) is 25.1. The van der Waals surface area contributed by atoms with Gasteiger partial charge in [-0.25, -0.2) is 0 Å². The predicted octanol–water partition coefficient (Wildman–Crippen LogP) is 6.99. The number of esters is 1. The van der Waals surface area contributed by atoms with Gasteiger partial charge in [0.25, 0.3) is 0 Å². The Morgan fingerprint density at radius 1 is 0.950 bits per heavy atom. The van der Waals surface area contributed by atoms with Gasteiger partial charge in [0, 0.05) is 27.9 Å². The first kappa shape index (κ1) is 34.2. The van der Waals surface area contributed by atoms with E-state index in [9.17, 15) is 14.4 Å². The molecule has 0 aliphatic rings. The number of aliphatic imine (C=N–C) groups is 1. The summed E-state index contributed by atoms with van der Waals surface area (Å²) < 4.78 is 4.98. The largest absolute Gasteiger partial charge is 0.466 e. The number of allylic oxidation sites excluding steroid dienone is 4. The maximum Gasteiger partial charge on any atom is 0.305 e. The molecule has 0 aliphatic heterocycles. The van der Waals surface area contributed by atoms with Crippen molar-refractivity contribution in [3.05, 3.63) is 94.6 Å². The summed E-state index contributed by atoms with van der Waals surface area (Å²) in [4.78, 5) is 40.0. The molecule has 0 bridgehead atoms. The molecule has 0 atom stereocenters. The molecule has 218 valence electrons. The summed E-state index contributed by atoms with van der Waals surface area (Å²) in [7, 11) is 1.70. The van der Waals surface area contributed by atoms with Crippen LogP contribution in [0.25, 0.3) is 0 Å². The first-order valence-corrected chi connectivity index (χ1v) is 14.2. The minimum Gasteiger partial charge on any atom is -0.466 e. The fraction of sp³-hybridized carbons (Fsp3) is 0.412. The number of nitrogens with zero attached hydrogens (tertiary/aromatic N) is 1. The Morgan fingerprint density at radius 3 is 2.25 bits per heavy atom. The molecule has 1 N–H and O–H groups in total. The molecule has 2 rings (SSSR count). The van der Waals surface area contributed by atoms with Crippen molar-refractivity contribution in [2.45, 2.75) is 79.7 Å². The lowest BCUT2D eigenvalue weighted by Gasteiger charge is -2.06. The highest BCUT2D eigenvalue weighted by Crippen LogP contribution is 2.12. The lowest BCUT2D eigenvalue weighted by molar-refractivity contribution is -0.143. The van der Waals surface area contributed by atoms with Gasteiger partial charge in [-0.2, -0.15) is 0 Å². The Balaban J connectivity index is 0.00000382. The van der Waals surface area contributed by atoms with Crippen LogP contribution in [0.15, 0.2) is 77.3 Å². The zero-order valence-corrected chi connectivity index (χ0v) is 25.1. The van der Waals surface area contributed by atoms with Crippen LogP contribution in [-0.2, 0) is 38.5 Å². The van der Waals surface area contributed by atoms with E-state index in [1.165, 1.54) is 12.0 Å². The number of nitrogens with one attached hydrogen (secondary N) is 1. The summed E-state index contributed by atoms with van der Waals surface area (Å²) in [5.41, 5.74) is 5.57. The smallest absolute Gasteiger partial charge is 0.305 e. The molecule has 0 heterocycles. The van der Waals surface area contributed by atoms with Gasteiger partial charge in [-0.15, -0.1) is 0 Å². The van der Waals surface area contributed by atoms with Crippen LogP contribution in [0.1, 0.15) is 84.0 Å². The van der Waals surface area contributed by atoms with E-state index in [-0.39, 0.29) is 19.1 Å². The maximum absolute atomic E-state index is 12.7. The van der Waals surface area contributed by atoms with Gasteiger partial charge >= 0.3 is 5.97 Å². The molecule has 2 aromatic carbocycles. The second-order valence-electron chi connectivity index (χ2n) is 9.41. The number of carbonyl (C=O) groups is 3. The van der Waals surface area contributed by atoms with E-state index in [4.69, 9.17) is 4.74 Å². The van der Waals surface area contributed by atoms with Crippen molar-refractivity contribution >= 4 is 23.4 Å². The van der Waals surface area contributed by atoms with Crippen molar-refractivity contribution in [2.75, 3.05) is 13.7 Å². The molecule has 0 aliphatic carbocycles. The molecule has 0 radical (unpaired) electrons. The van der Waals surface area contributed by atoms with Crippen LogP contribution in [0.4, 0.5) is 0 Å². The van der Waals surface area contributed by atoms with Crippen molar-refractivity contribution < 1.29 is 20.5 Å². The Morgan fingerprint density at radius 2 is 1.62 bits per heavy atom. The Bertz CT molecular complexity index is 1170. The highest BCUT2D eigenvalue weighted by Gasteiger charge is 2.05. The number of aryl methyl sites for hydroxylation is 1. The van der Waals surface area contributed by atoms with Gasteiger partial charge in [0.2, 0.25) is 5.91 Å². The topological polar surface area (TPSA) is 84.8 Å². The van der Waals surface area contributed by atoms with E-state index >= 15 is 0 Å².